The van der Waals surface area contributed by atoms with Gasteiger partial charge in [0.15, 0.2) is 0 Å². The highest BCUT2D eigenvalue weighted by Gasteiger charge is 2.18. The Morgan fingerprint density at radius 2 is 1.78 bits per heavy atom. The number of nitrogens with zero attached hydrogens (tertiary/aromatic N) is 2. The molecule has 0 bridgehead atoms. The molecule has 0 aliphatic carbocycles. The average Bonchev–Trinajstić information content (AvgIpc) is 2.71. The number of nitrogens with one attached hydrogen (secondary N) is 1. The standard InChI is InChI=1S/C20H17N3O4/c24-20(17-8-4-5-9-18(17)23(25)26)22-13-16-10-11-21-19(12-16)27-14-15-6-2-1-3-7-15/h1-12H,13-14H2,(H,22,24). The molecule has 1 heterocycles. The maximum atomic E-state index is 12.3. The van der Waals surface area contributed by atoms with Crippen LogP contribution in [0, 0.1) is 10.1 Å². The fourth-order valence-electron chi connectivity index (χ4n) is 2.47. The summed E-state index contributed by atoms with van der Waals surface area (Å²) in [6, 6.07) is 19.0. The quantitative estimate of drug-likeness (QED) is 0.512. The van der Waals surface area contributed by atoms with Crippen molar-refractivity contribution in [2.75, 3.05) is 0 Å². The summed E-state index contributed by atoms with van der Waals surface area (Å²) in [6.45, 7) is 0.592. The van der Waals surface area contributed by atoms with E-state index in [1.807, 2.05) is 30.3 Å². The van der Waals surface area contributed by atoms with E-state index < -0.39 is 10.8 Å². The highest BCUT2D eigenvalue weighted by molar-refractivity contribution is 5.98. The van der Waals surface area contributed by atoms with Crippen LogP contribution in [0.2, 0.25) is 0 Å². The number of nitro benzene ring substituents is 1. The van der Waals surface area contributed by atoms with Crippen molar-refractivity contribution in [1.82, 2.24) is 10.3 Å². The molecule has 0 spiro atoms. The first-order valence-electron chi connectivity index (χ1n) is 8.27. The van der Waals surface area contributed by atoms with E-state index in [0.717, 1.165) is 11.1 Å². The van der Waals surface area contributed by atoms with Crippen LogP contribution in [-0.4, -0.2) is 15.8 Å². The van der Waals surface area contributed by atoms with Gasteiger partial charge in [0, 0.05) is 24.9 Å². The lowest BCUT2D eigenvalue weighted by Gasteiger charge is -2.08. The van der Waals surface area contributed by atoms with Gasteiger partial charge in [0.05, 0.1) is 4.92 Å². The summed E-state index contributed by atoms with van der Waals surface area (Å²) in [5, 5.41) is 13.7. The number of carbonyl (C=O) groups is 1. The second kappa shape index (κ2) is 8.57. The van der Waals surface area contributed by atoms with Crippen molar-refractivity contribution in [3.05, 3.63) is 99.7 Å². The predicted octanol–water partition coefficient (Wildman–Crippen LogP) is 3.50. The highest BCUT2D eigenvalue weighted by atomic mass is 16.6. The van der Waals surface area contributed by atoms with Crippen molar-refractivity contribution >= 4 is 11.6 Å². The summed E-state index contributed by atoms with van der Waals surface area (Å²) in [4.78, 5) is 26.9. The molecule has 3 aromatic rings. The van der Waals surface area contributed by atoms with Crippen LogP contribution >= 0.6 is 0 Å². The molecule has 0 aliphatic rings. The highest BCUT2D eigenvalue weighted by Crippen LogP contribution is 2.18. The van der Waals surface area contributed by atoms with Gasteiger partial charge in [-0.05, 0) is 23.3 Å². The second-order valence-corrected chi connectivity index (χ2v) is 5.73. The van der Waals surface area contributed by atoms with E-state index in [4.69, 9.17) is 4.74 Å². The van der Waals surface area contributed by atoms with Crippen molar-refractivity contribution in [2.24, 2.45) is 0 Å². The Labute approximate surface area is 155 Å². The Morgan fingerprint density at radius 1 is 1.04 bits per heavy atom. The molecule has 27 heavy (non-hydrogen) atoms. The van der Waals surface area contributed by atoms with Crippen molar-refractivity contribution < 1.29 is 14.5 Å². The van der Waals surface area contributed by atoms with Gasteiger partial charge in [0.2, 0.25) is 5.88 Å². The van der Waals surface area contributed by atoms with Gasteiger partial charge in [-0.15, -0.1) is 0 Å². The molecule has 0 saturated heterocycles. The van der Waals surface area contributed by atoms with Crippen molar-refractivity contribution in [2.45, 2.75) is 13.2 Å². The Morgan fingerprint density at radius 3 is 2.56 bits per heavy atom. The number of rotatable bonds is 7. The second-order valence-electron chi connectivity index (χ2n) is 5.73. The third kappa shape index (κ3) is 4.88. The number of benzene rings is 2. The largest absolute Gasteiger partial charge is 0.473 e. The zero-order valence-electron chi connectivity index (χ0n) is 14.4. The van der Waals surface area contributed by atoms with Crippen molar-refractivity contribution in [3.63, 3.8) is 0 Å². The number of pyridine rings is 1. The molecule has 3 rings (SSSR count). The van der Waals surface area contributed by atoms with Gasteiger partial charge in [-0.25, -0.2) is 4.98 Å². The number of amides is 1. The topological polar surface area (TPSA) is 94.4 Å². The van der Waals surface area contributed by atoms with Crippen molar-refractivity contribution in [1.29, 1.82) is 0 Å². The third-order valence-electron chi connectivity index (χ3n) is 3.83. The number of carbonyl (C=O) groups excluding carboxylic acids is 1. The summed E-state index contributed by atoms with van der Waals surface area (Å²) in [6.07, 6.45) is 1.59. The van der Waals surface area contributed by atoms with E-state index in [1.54, 1.807) is 24.4 Å². The van der Waals surface area contributed by atoms with Crippen LogP contribution in [-0.2, 0) is 13.2 Å². The molecule has 7 heteroatoms. The molecule has 0 saturated carbocycles. The van der Waals surface area contributed by atoms with Crippen molar-refractivity contribution in [3.8, 4) is 5.88 Å². The van der Waals surface area contributed by atoms with Gasteiger partial charge in [-0.2, -0.15) is 0 Å². The van der Waals surface area contributed by atoms with Crippen LogP contribution in [0.4, 0.5) is 5.69 Å². The van der Waals surface area contributed by atoms with Gasteiger partial charge < -0.3 is 10.1 Å². The summed E-state index contributed by atoms with van der Waals surface area (Å²) >= 11 is 0. The first-order chi connectivity index (χ1) is 13.1. The summed E-state index contributed by atoms with van der Waals surface area (Å²) in [7, 11) is 0. The van der Waals surface area contributed by atoms with Crippen LogP contribution < -0.4 is 10.1 Å². The molecule has 0 fully saturated rings. The molecule has 0 atom stereocenters. The number of hydrogen-bond donors (Lipinski definition) is 1. The monoisotopic (exact) mass is 363 g/mol. The summed E-state index contributed by atoms with van der Waals surface area (Å²) in [5.74, 6) is -0.0674. The molecule has 0 aliphatic heterocycles. The Bertz CT molecular complexity index is 945. The predicted molar refractivity (Wildman–Crippen MR) is 99.3 cm³/mol. The lowest BCUT2D eigenvalue weighted by Crippen LogP contribution is -2.23. The fraction of sp³-hybridized carbons (Fsp3) is 0.100. The van der Waals surface area contributed by atoms with Gasteiger partial charge in [-0.1, -0.05) is 42.5 Å². The summed E-state index contributed by atoms with van der Waals surface area (Å²) < 4.78 is 5.66. The van der Waals surface area contributed by atoms with E-state index >= 15 is 0 Å². The van der Waals surface area contributed by atoms with Crippen LogP contribution in [0.1, 0.15) is 21.5 Å². The van der Waals surface area contributed by atoms with Gasteiger partial charge >= 0.3 is 0 Å². The Balaban J connectivity index is 1.61. The van der Waals surface area contributed by atoms with E-state index in [0.29, 0.717) is 12.5 Å². The fourth-order valence-corrected chi connectivity index (χ4v) is 2.47. The number of nitro groups is 1. The third-order valence-corrected chi connectivity index (χ3v) is 3.83. The lowest BCUT2D eigenvalue weighted by molar-refractivity contribution is -0.385. The zero-order valence-corrected chi connectivity index (χ0v) is 14.4. The molecule has 1 amide bonds. The number of para-hydroxylation sites is 1. The molecule has 136 valence electrons. The van der Waals surface area contributed by atoms with Crippen LogP contribution in [0.5, 0.6) is 5.88 Å². The van der Waals surface area contributed by atoms with Gasteiger partial charge in [-0.3, -0.25) is 14.9 Å². The lowest BCUT2D eigenvalue weighted by atomic mass is 10.1. The number of aromatic nitrogens is 1. The minimum Gasteiger partial charge on any atom is -0.473 e. The Hall–Kier alpha value is -3.74. The van der Waals surface area contributed by atoms with E-state index in [-0.39, 0.29) is 17.8 Å². The van der Waals surface area contributed by atoms with Crippen LogP contribution in [0.25, 0.3) is 0 Å². The molecule has 0 unspecified atom stereocenters. The first kappa shape index (κ1) is 18.1. The maximum Gasteiger partial charge on any atom is 0.282 e. The molecule has 0 radical (unpaired) electrons. The minimum atomic E-state index is -0.573. The van der Waals surface area contributed by atoms with Gasteiger partial charge in [0.25, 0.3) is 11.6 Å². The summed E-state index contributed by atoms with van der Waals surface area (Å²) in [5.41, 5.74) is 1.60. The number of ether oxygens (including phenoxy) is 1. The molecule has 2 aromatic carbocycles. The minimum absolute atomic E-state index is 0.0251. The van der Waals surface area contributed by atoms with Gasteiger partial charge in [0.1, 0.15) is 12.2 Å². The molecule has 1 aromatic heterocycles. The molecule has 1 N–H and O–H groups in total. The first-order valence-corrected chi connectivity index (χ1v) is 8.27. The van der Waals surface area contributed by atoms with Crippen LogP contribution in [0.15, 0.2) is 72.9 Å². The van der Waals surface area contributed by atoms with E-state index in [2.05, 4.69) is 10.3 Å². The average molecular weight is 363 g/mol. The molecule has 7 nitrogen and oxygen atoms in total. The molecular weight excluding hydrogens is 346 g/mol. The maximum absolute atomic E-state index is 12.3. The number of hydrogen-bond acceptors (Lipinski definition) is 5. The van der Waals surface area contributed by atoms with Crippen LogP contribution in [0.3, 0.4) is 0 Å². The zero-order chi connectivity index (χ0) is 19.1. The van der Waals surface area contributed by atoms with E-state index in [9.17, 15) is 14.9 Å². The SMILES string of the molecule is O=C(NCc1ccnc(OCc2ccccc2)c1)c1ccccc1[N+](=O)[O-]. The molecular formula is C20H17N3O4. The Kier molecular flexibility index (Phi) is 5.73. The smallest absolute Gasteiger partial charge is 0.282 e. The van der Waals surface area contributed by atoms with E-state index in [1.165, 1.54) is 18.2 Å². The normalized spacial score (nSPS) is 10.2.